The van der Waals surface area contributed by atoms with Gasteiger partial charge < -0.3 is 15.4 Å². The number of para-hydroxylation sites is 1. The molecule has 0 aromatic heterocycles. The number of methoxy groups -OCH3 is 1. The van der Waals surface area contributed by atoms with Gasteiger partial charge in [0, 0.05) is 23.5 Å². The monoisotopic (exact) mass is 360 g/mol. The average molecular weight is 361 g/mol. The lowest BCUT2D eigenvalue weighted by molar-refractivity contribution is 0.238. The summed E-state index contributed by atoms with van der Waals surface area (Å²) in [5.41, 5.74) is 2.03. The summed E-state index contributed by atoms with van der Waals surface area (Å²) in [5.74, 6) is 0.841. The van der Waals surface area contributed by atoms with E-state index < -0.39 is 0 Å². The van der Waals surface area contributed by atoms with Crippen molar-refractivity contribution in [1.29, 1.82) is 0 Å². The first-order chi connectivity index (χ1) is 11.9. The van der Waals surface area contributed by atoms with Crippen LogP contribution in [0, 0.1) is 0 Å². The maximum absolute atomic E-state index is 12.0. The number of carbonyl (C=O) groups is 1. The Kier molecular flexibility index (Phi) is 6.71. The molecule has 2 rings (SSSR count). The number of halogens is 1. The minimum atomic E-state index is -0.176. The van der Waals surface area contributed by atoms with Gasteiger partial charge in [0.1, 0.15) is 5.75 Å². The molecule has 0 fully saturated rings. The van der Waals surface area contributed by atoms with Gasteiger partial charge in [-0.15, -0.1) is 0 Å². The van der Waals surface area contributed by atoms with E-state index in [2.05, 4.69) is 24.5 Å². The second-order valence-electron chi connectivity index (χ2n) is 6.56. The third-order valence-electron chi connectivity index (χ3n) is 4.19. The van der Waals surface area contributed by atoms with Crippen LogP contribution >= 0.6 is 11.6 Å². The Bertz CT molecular complexity index is 699. The fraction of sp³-hybridized carbons (Fsp3) is 0.350. The number of ether oxygens (including phenoxy) is 1. The van der Waals surface area contributed by atoms with Gasteiger partial charge in [0.15, 0.2) is 0 Å². The number of nitrogens with one attached hydrogen (secondary N) is 2. The molecule has 0 saturated heterocycles. The van der Waals surface area contributed by atoms with Crippen LogP contribution in [0.2, 0.25) is 5.02 Å². The highest BCUT2D eigenvalue weighted by Gasteiger charge is 2.21. The minimum absolute atomic E-state index is 0.170. The molecule has 0 radical (unpaired) electrons. The fourth-order valence-corrected chi connectivity index (χ4v) is 2.71. The standard InChI is InChI=1S/C20H25ClN2O2/c1-20(2,16-8-10-17(21)11-9-16)14-23-19(24)22-13-12-15-6-4-5-7-18(15)25-3/h4-11H,12-14H2,1-3H3,(H2,22,23,24). The van der Waals surface area contributed by atoms with Gasteiger partial charge in [-0.1, -0.05) is 55.8 Å². The van der Waals surface area contributed by atoms with Crippen LogP contribution in [0.5, 0.6) is 5.75 Å². The zero-order valence-electron chi connectivity index (χ0n) is 14.9. The molecule has 0 atom stereocenters. The van der Waals surface area contributed by atoms with E-state index in [0.29, 0.717) is 18.1 Å². The molecule has 0 aliphatic carbocycles. The molecule has 5 heteroatoms. The second-order valence-corrected chi connectivity index (χ2v) is 7.00. The molecule has 0 aliphatic rings. The van der Waals surface area contributed by atoms with Crippen LogP contribution in [0.25, 0.3) is 0 Å². The number of urea groups is 1. The first-order valence-corrected chi connectivity index (χ1v) is 8.70. The quantitative estimate of drug-likeness (QED) is 0.778. The summed E-state index contributed by atoms with van der Waals surface area (Å²) < 4.78 is 5.31. The molecule has 0 aliphatic heterocycles. The molecule has 0 unspecified atom stereocenters. The maximum atomic E-state index is 12.0. The number of amides is 2. The molecule has 4 nitrogen and oxygen atoms in total. The molecule has 2 aromatic carbocycles. The van der Waals surface area contributed by atoms with Gasteiger partial charge in [-0.05, 0) is 35.7 Å². The number of carbonyl (C=O) groups excluding carboxylic acids is 1. The molecule has 25 heavy (non-hydrogen) atoms. The van der Waals surface area contributed by atoms with E-state index in [9.17, 15) is 4.79 Å². The van der Waals surface area contributed by atoms with E-state index in [0.717, 1.165) is 23.3 Å². The van der Waals surface area contributed by atoms with Crippen LogP contribution in [0.15, 0.2) is 48.5 Å². The zero-order chi connectivity index (χ0) is 18.3. The summed E-state index contributed by atoms with van der Waals surface area (Å²) in [6.45, 7) is 5.26. The van der Waals surface area contributed by atoms with Gasteiger partial charge in [-0.2, -0.15) is 0 Å². The summed E-state index contributed by atoms with van der Waals surface area (Å²) in [6.07, 6.45) is 0.720. The molecule has 2 aromatic rings. The lowest BCUT2D eigenvalue weighted by Gasteiger charge is -2.25. The third-order valence-corrected chi connectivity index (χ3v) is 4.44. The lowest BCUT2D eigenvalue weighted by Crippen LogP contribution is -2.42. The largest absolute Gasteiger partial charge is 0.496 e. The van der Waals surface area contributed by atoms with Gasteiger partial charge >= 0.3 is 6.03 Å². The fourth-order valence-electron chi connectivity index (χ4n) is 2.59. The van der Waals surface area contributed by atoms with E-state index in [1.807, 2.05) is 48.5 Å². The van der Waals surface area contributed by atoms with Crippen LogP contribution in [-0.4, -0.2) is 26.2 Å². The first kappa shape index (κ1) is 19.1. The van der Waals surface area contributed by atoms with E-state index in [1.54, 1.807) is 7.11 Å². The molecule has 0 heterocycles. The highest BCUT2D eigenvalue weighted by atomic mass is 35.5. The van der Waals surface area contributed by atoms with E-state index in [1.165, 1.54) is 0 Å². The summed E-state index contributed by atoms with van der Waals surface area (Å²) in [5, 5.41) is 6.54. The Morgan fingerprint density at radius 3 is 2.44 bits per heavy atom. The van der Waals surface area contributed by atoms with Crippen LogP contribution in [0.3, 0.4) is 0 Å². The van der Waals surface area contributed by atoms with Crippen molar-refractivity contribution in [2.45, 2.75) is 25.7 Å². The highest BCUT2D eigenvalue weighted by Crippen LogP contribution is 2.23. The van der Waals surface area contributed by atoms with Crippen molar-refractivity contribution < 1.29 is 9.53 Å². The zero-order valence-corrected chi connectivity index (χ0v) is 15.7. The Morgan fingerprint density at radius 1 is 1.08 bits per heavy atom. The van der Waals surface area contributed by atoms with Crippen molar-refractivity contribution in [1.82, 2.24) is 10.6 Å². The highest BCUT2D eigenvalue weighted by molar-refractivity contribution is 6.30. The molecule has 2 N–H and O–H groups in total. The second kappa shape index (κ2) is 8.77. The summed E-state index contributed by atoms with van der Waals surface area (Å²) >= 11 is 5.93. The van der Waals surface area contributed by atoms with Crippen molar-refractivity contribution in [3.63, 3.8) is 0 Å². The molecular formula is C20H25ClN2O2. The van der Waals surface area contributed by atoms with Crippen LogP contribution in [0.1, 0.15) is 25.0 Å². The number of hydrogen-bond acceptors (Lipinski definition) is 2. The summed E-state index contributed by atoms with van der Waals surface area (Å²) in [6, 6.07) is 15.4. The smallest absolute Gasteiger partial charge is 0.314 e. The van der Waals surface area contributed by atoms with E-state index in [4.69, 9.17) is 16.3 Å². The molecule has 134 valence electrons. The SMILES string of the molecule is COc1ccccc1CCNC(=O)NCC(C)(C)c1ccc(Cl)cc1. The predicted molar refractivity (Wildman–Crippen MR) is 103 cm³/mol. The molecular weight excluding hydrogens is 336 g/mol. The lowest BCUT2D eigenvalue weighted by atomic mass is 9.85. The molecule has 0 saturated carbocycles. The van der Waals surface area contributed by atoms with Crippen molar-refractivity contribution in [2.24, 2.45) is 0 Å². The average Bonchev–Trinajstić information content (AvgIpc) is 2.61. The Hall–Kier alpha value is -2.20. The van der Waals surface area contributed by atoms with E-state index in [-0.39, 0.29) is 11.4 Å². The van der Waals surface area contributed by atoms with Gasteiger partial charge in [-0.25, -0.2) is 4.79 Å². The predicted octanol–water partition coefficient (Wildman–Crippen LogP) is 4.17. The Labute approximate surface area is 154 Å². The molecule has 2 amide bonds. The topological polar surface area (TPSA) is 50.4 Å². The van der Waals surface area contributed by atoms with Crippen LogP contribution in [-0.2, 0) is 11.8 Å². The number of rotatable bonds is 7. The third kappa shape index (κ3) is 5.68. The van der Waals surface area contributed by atoms with Crippen molar-refractivity contribution in [2.75, 3.05) is 20.2 Å². The van der Waals surface area contributed by atoms with Gasteiger partial charge in [-0.3, -0.25) is 0 Å². The first-order valence-electron chi connectivity index (χ1n) is 8.32. The number of benzene rings is 2. The van der Waals surface area contributed by atoms with E-state index >= 15 is 0 Å². The van der Waals surface area contributed by atoms with Crippen molar-refractivity contribution in [3.05, 3.63) is 64.7 Å². The molecule has 0 bridgehead atoms. The number of hydrogen-bond donors (Lipinski definition) is 2. The van der Waals surface area contributed by atoms with Crippen molar-refractivity contribution in [3.8, 4) is 5.75 Å². The van der Waals surface area contributed by atoms with Crippen LogP contribution in [0.4, 0.5) is 4.79 Å². The summed E-state index contributed by atoms with van der Waals surface area (Å²) in [4.78, 5) is 12.0. The summed E-state index contributed by atoms with van der Waals surface area (Å²) in [7, 11) is 1.65. The van der Waals surface area contributed by atoms with Gasteiger partial charge in [0.05, 0.1) is 7.11 Å². The maximum Gasteiger partial charge on any atom is 0.314 e. The van der Waals surface area contributed by atoms with Gasteiger partial charge in [0.25, 0.3) is 0 Å². The molecule has 0 spiro atoms. The van der Waals surface area contributed by atoms with Gasteiger partial charge in [0.2, 0.25) is 0 Å². The van der Waals surface area contributed by atoms with Crippen LogP contribution < -0.4 is 15.4 Å². The Morgan fingerprint density at radius 2 is 1.76 bits per heavy atom. The minimum Gasteiger partial charge on any atom is -0.496 e. The Balaban J connectivity index is 1.79. The van der Waals surface area contributed by atoms with Crippen molar-refractivity contribution >= 4 is 17.6 Å². The normalized spacial score (nSPS) is 11.0.